The van der Waals surface area contributed by atoms with Crippen LogP contribution in [-0.2, 0) is 0 Å². The highest BCUT2D eigenvalue weighted by atomic mass is 16.4. The van der Waals surface area contributed by atoms with Gasteiger partial charge in [0.1, 0.15) is 6.07 Å². The van der Waals surface area contributed by atoms with Crippen LogP contribution in [0.5, 0.6) is 0 Å². The number of fused-ring (bicyclic) bond motifs is 1. The second-order valence-electron chi connectivity index (χ2n) is 6.25. The van der Waals surface area contributed by atoms with Crippen LogP contribution in [0.4, 0.5) is 9.59 Å². The van der Waals surface area contributed by atoms with Crippen molar-refractivity contribution in [3.63, 3.8) is 0 Å². The van der Waals surface area contributed by atoms with Crippen LogP contribution >= 0.6 is 0 Å². The minimum Gasteiger partial charge on any atom is -0.465 e. The minimum atomic E-state index is -1.52. The molecule has 0 aliphatic heterocycles. The summed E-state index contributed by atoms with van der Waals surface area (Å²) in [6, 6.07) is 16.0. The smallest absolute Gasteiger partial charge is 0.416 e. The first-order valence-electron chi connectivity index (χ1n) is 8.87. The van der Waals surface area contributed by atoms with E-state index in [1.54, 1.807) is 18.6 Å². The molecule has 0 spiro atoms. The van der Waals surface area contributed by atoms with Gasteiger partial charge in [-0.2, -0.15) is 5.26 Å². The van der Waals surface area contributed by atoms with Crippen LogP contribution in [0.2, 0.25) is 0 Å². The Kier molecular flexibility index (Phi) is 5.90. The zero-order valence-electron chi connectivity index (χ0n) is 15.4. The Morgan fingerprint density at radius 3 is 2.59 bits per heavy atom. The first-order chi connectivity index (χ1) is 14.0. The van der Waals surface area contributed by atoms with E-state index in [1.807, 2.05) is 47.0 Å². The normalized spacial score (nSPS) is 11.2. The van der Waals surface area contributed by atoms with E-state index in [2.05, 4.69) is 11.1 Å². The maximum Gasteiger partial charge on any atom is 0.416 e. The number of unbranched alkanes of at least 4 members (excludes halogenated alkanes) is 1. The first kappa shape index (κ1) is 19.6. The van der Waals surface area contributed by atoms with Crippen LogP contribution in [0.1, 0.15) is 18.5 Å². The Labute approximate surface area is 166 Å². The molecule has 0 fully saturated rings. The van der Waals surface area contributed by atoms with Crippen LogP contribution in [0.25, 0.3) is 22.0 Å². The van der Waals surface area contributed by atoms with E-state index >= 15 is 0 Å². The Hall–Kier alpha value is -4.12. The van der Waals surface area contributed by atoms with Crippen LogP contribution in [0.3, 0.4) is 0 Å². The van der Waals surface area contributed by atoms with Gasteiger partial charge in [-0.1, -0.05) is 42.5 Å². The van der Waals surface area contributed by atoms with Crippen LogP contribution in [0.15, 0.2) is 61.1 Å². The second kappa shape index (κ2) is 8.71. The van der Waals surface area contributed by atoms with Gasteiger partial charge in [-0.25, -0.2) is 19.5 Å². The SMILES string of the molecule is N#CC(=CCCCN(C(=O)O)C(=O)O)c1cn(-c2cccc3ccccc23)cn1. The van der Waals surface area contributed by atoms with Gasteiger partial charge in [0.2, 0.25) is 0 Å². The zero-order valence-corrected chi connectivity index (χ0v) is 15.4. The zero-order chi connectivity index (χ0) is 20.8. The van der Waals surface area contributed by atoms with Crippen molar-refractivity contribution < 1.29 is 19.8 Å². The topological polar surface area (TPSA) is 119 Å². The van der Waals surface area contributed by atoms with E-state index in [9.17, 15) is 14.9 Å². The number of carbonyl (C=O) groups is 2. The van der Waals surface area contributed by atoms with Crippen molar-refractivity contribution in [1.82, 2.24) is 14.5 Å². The van der Waals surface area contributed by atoms with Crippen LogP contribution in [-0.4, -0.2) is 43.4 Å². The summed E-state index contributed by atoms with van der Waals surface area (Å²) >= 11 is 0. The number of imidazole rings is 1. The molecule has 0 saturated heterocycles. The van der Waals surface area contributed by atoms with Crippen LogP contribution < -0.4 is 0 Å². The molecule has 8 heteroatoms. The molecule has 0 unspecified atom stereocenters. The van der Waals surface area contributed by atoms with Crippen molar-refractivity contribution in [2.75, 3.05) is 6.54 Å². The third-order valence-electron chi connectivity index (χ3n) is 4.42. The lowest BCUT2D eigenvalue weighted by Crippen LogP contribution is -2.35. The van der Waals surface area contributed by atoms with Gasteiger partial charge < -0.3 is 14.8 Å². The summed E-state index contributed by atoms with van der Waals surface area (Å²) in [5.74, 6) is 0. The van der Waals surface area contributed by atoms with E-state index in [1.165, 1.54) is 0 Å². The summed E-state index contributed by atoms with van der Waals surface area (Å²) < 4.78 is 1.85. The van der Waals surface area contributed by atoms with E-state index < -0.39 is 12.2 Å². The van der Waals surface area contributed by atoms with Crippen LogP contribution in [0, 0.1) is 11.3 Å². The molecule has 1 heterocycles. The molecule has 2 amide bonds. The van der Waals surface area contributed by atoms with E-state index in [-0.39, 0.29) is 13.0 Å². The van der Waals surface area contributed by atoms with Crippen molar-refractivity contribution in [3.05, 3.63) is 66.8 Å². The van der Waals surface area contributed by atoms with E-state index in [0.29, 0.717) is 22.6 Å². The summed E-state index contributed by atoms with van der Waals surface area (Å²) in [6.45, 7) is -0.162. The van der Waals surface area contributed by atoms with Crippen molar-refractivity contribution in [1.29, 1.82) is 5.26 Å². The van der Waals surface area contributed by atoms with Gasteiger partial charge in [-0.05, 0) is 24.3 Å². The molecule has 0 atom stereocenters. The molecule has 8 nitrogen and oxygen atoms in total. The highest BCUT2D eigenvalue weighted by Gasteiger charge is 2.18. The number of aromatic nitrogens is 2. The van der Waals surface area contributed by atoms with Gasteiger partial charge in [0, 0.05) is 18.1 Å². The second-order valence-corrected chi connectivity index (χ2v) is 6.25. The molecular weight excluding hydrogens is 372 g/mol. The number of allylic oxidation sites excluding steroid dienone is 2. The molecule has 2 N–H and O–H groups in total. The number of hydrogen-bond donors (Lipinski definition) is 2. The lowest BCUT2D eigenvalue weighted by atomic mass is 10.1. The standard InChI is InChI=1S/C21H18N4O4/c22-12-16(7-3-4-11-25(20(26)27)21(28)29)18-13-24(14-23-18)19-10-5-8-15-6-1-2-9-17(15)19/h1-2,5-10,13-14H,3-4,11H2,(H,26,27)(H,28,29). The Morgan fingerprint density at radius 2 is 1.86 bits per heavy atom. The summed E-state index contributed by atoms with van der Waals surface area (Å²) in [7, 11) is 0. The van der Waals surface area contributed by atoms with Crippen molar-refractivity contribution in [3.8, 4) is 11.8 Å². The number of hydrogen-bond acceptors (Lipinski definition) is 4. The summed E-state index contributed by atoms with van der Waals surface area (Å²) in [4.78, 5) is 26.3. The average molecular weight is 390 g/mol. The molecule has 3 rings (SSSR count). The first-order valence-corrected chi connectivity index (χ1v) is 8.87. The van der Waals surface area contributed by atoms with Gasteiger partial charge in [0.05, 0.1) is 23.3 Å². The minimum absolute atomic E-state index is 0.162. The number of nitriles is 1. The highest BCUT2D eigenvalue weighted by Crippen LogP contribution is 2.23. The Morgan fingerprint density at radius 1 is 1.14 bits per heavy atom. The molecule has 0 aliphatic rings. The molecule has 29 heavy (non-hydrogen) atoms. The van der Waals surface area contributed by atoms with Gasteiger partial charge in [-0.3, -0.25) is 0 Å². The summed E-state index contributed by atoms with van der Waals surface area (Å²) in [6.07, 6.45) is 2.62. The highest BCUT2D eigenvalue weighted by molar-refractivity contribution is 5.90. The third-order valence-corrected chi connectivity index (χ3v) is 4.42. The van der Waals surface area contributed by atoms with Crippen molar-refractivity contribution in [2.24, 2.45) is 0 Å². The predicted octanol–water partition coefficient (Wildman–Crippen LogP) is 4.37. The molecule has 146 valence electrons. The van der Waals surface area contributed by atoms with Gasteiger partial charge in [0.25, 0.3) is 0 Å². The number of carboxylic acid groups (broad SMARTS) is 2. The van der Waals surface area contributed by atoms with Crippen molar-refractivity contribution >= 4 is 28.5 Å². The predicted molar refractivity (Wildman–Crippen MR) is 107 cm³/mol. The molecule has 2 aromatic carbocycles. The maximum atomic E-state index is 10.8. The number of imide groups is 1. The van der Waals surface area contributed by atoms with E-state index in [4.69, 9.17) is 10.2 Å². The largest absolute Gasteiger partial charge is 0.465 e. The molecule has 0 aliphatic carbocycles. The fraction of sp³-hybridized carbons (Fsp3) is 0.143. The van der Waals surface area contributed by atoms with Gasteiger partial charge in [-0.15, -0.1) is 0 Å². The molecule has 0 radical (unpaired) electrons. The monoisotopic (exact) mass is 390 g/mol. The molecule has 0 saturated carbocycles. The van der Waals surface area contributed by atoms with Gasteiger partial charge in [0.15, 0.2) is 0 Å². The Bertz CT molecular complexity index is 1110. The Balaban J connectivity index is 1.76. The quantitative estimate of drug-likeness (QED) is 0.476. The van der Waals surface area contributed by atoms with Gasteiger partial charge >= 0.3 is 12.2 Å². The molecular formula is C21H18N4O4. The van der Waals surface area contributed by atoms with E-state index in [0.717, 1.165) is 16.5 Å². The lowest BCUT2D eigenvalue weighted by molar-refractivity contribution is 0.122. The number of benzene rings is 2. The van der Waals surface area contributed by atoms with Crippen molar-refractivity contribution in [2.45, 2.75) is 12.8 Å². The third kappa shape index (κ3) is 4.42. The molecule has 3 aromatic rings. The molecule has 0 bridgehead atoms. The summed E-state index contributed by atoms with van der Waals surface area (Å²) in [5, 5.41) is 29.3. The average Bonchev–Trinajstić information content (AvgIpc) is 3.19. The number of amides is 2. The summed E-state index contributed by atoms with van der Waals surface area (Å²) in [5.41, 5.74) is 1.78. The molecule has 1 aromatic heterocycles. The maximum absolute atomic E-state index is 10.8. The number of nitrogens with zero attached hydrogens (tertiary/aromatic N) is 4. The lowest BCUT2D eigenvalue weighted by Gasteiger charge is -2.11. The number of rotatable bonds is 6. The fourth-order valence-electron chi connectivity index (χ4n) is 3.00. The fourth-order valence-corrected chi connectivity index (χ4v) is 3.00.